The lowest BCUT2D eigenvalue weighted by molar-refractivity contribution is 0.0944. The second-order valence-corrected chi connectivity index (χ2v) is 7.22. The number of amides is 1. The highest BCUT2D eigenvalue weighted by Gasteiger charge is 2.23. The van der Waals surface area contributed by atoms with Crippen molar-refractivity contribution >= 4 is 15.9 Å². The number of carbonyl (C=O) groups is 1. The summed E-state index contributed by atoms with van der Waals surface area (Å²) in [5.41, 5.74) is -0.553. The van der Waals surface area contributed by atoms with Crippen molar-refractivity contribution in [2.24, 2.45) is 0 Å². The molecule has 0 aliphatic carbocycles. The van der Waals surface area contributed by atoms with E-state index in [2.05, 4.69) is 16.6 Å². The Kier molecular flexibility index (Phi) is 6.56. The fourth-order valence-electron chi connectivity index (χ4n) is 2.23. The van der Waals surface area contributed by atoms with Crippen LogP contribution in [0.1, 0.15) is 22.0 Å². The van der Waals surface area contributed by atoms with E-state index < -0.39 is 44.3 Å². The van der Waals surface area contributed by atoms with Crippen molar-refractivity contribution < 1.29 is 26.4 Å². The molecule has 2 rings (SSSR count). The van der Waals surface area contributed by atoms with Gasteiger partial charge >= 0.3 is 0 Å². The second-order valence-electron chi connectivity index (χ2n) is 5.49. The number of nitriles is 1. The molecule has 2 N–H and O–H groups in total. The number of nitrogens with zero attached hydrogens (tertiary/aromatic N) is 1. The van der Waals surface area contributed by atoms with Crippen LogP contribution in [0.15, 0.2) is 53.9 Å². The number of nitrogens with one attached hydrogen (secondary N) is 2. The Hall–Kier alpha value is -3.16. The Morgan fingerprint density at radius 3 is 2.50 bits per heavy atom. The predicted octanol–water partition coefficient (Wildman–Crippen LogP) is 2.56. The molecule has 1 atom stereocenters. The molecule has 2 aromatic rings. The first-order valence-corrected chi connectivity index (χ1v) is 9.23. The molecule has 146 valence electrons. The SMILES string of the molecule is C=CCNS(=O)(=O)c1cc(C(=O)NC(C#N)c2ccc(F)cc2F)ccc1F. The summed E-state index contributed by atoms with van der Waals surface area (Å²) in [5.74, 6) is -3.93. The molecule has 0 fully saturated rings. The topological polar surface area (TPSA) is 99.1 Å². The van der Waals surface area contributed by atoms with Crippen LogP contribution in [0.5, 0.6) is 0 Å². The van der Waals surface area contributed by atoms with Gasteiger partial charge in [0.05, 0.1) is 6.07 Å². The van der Waals surface area contributed by atoms with Crippen LogP contribution in [0.3, 0.4) is 0 Å². The second kappa shape index (κ2) is 8.69. The van der Waals surface area contributed by atoms with E-state index in [1.807, 2.05) is 0 Å². The van der Waals surface area contributed by atoms with Gasteiger partial charge in [-0.1, -0.05) is 12.1 Å². The van der Waals surface area contributed by atoms with E-state index >= 15 is 0 Å². The van der Waals surface area contributed by atoms with E-state index in [0.29, 0.717) is 6.07 Å². The van der Waals surface area contributed by atoms with E-state index in [1.54, 1.807) is 6.07 Å². The minimum atomic E-state index is -4.25. The molecule has 28 heavy (non-hydrogen) atoms. The van der Waals surface area contributed by atoms with Gasteiger partial charge in [-0.05, 0) is 24.3 Å². The lowest BCUT2D eigenvalue weighted by Crippen LogP contribution is -2.29. The number of carbonyl (C=O) groups excluding carboxylic acids is 1. The Bertz CT molecular complexity index is 1070. The molecule has 6 nitrogen and oxygen atoms in total. The Morgan fingerprint density at radius 1 is 1.18 bits per heavy atom. The molecular formula is C18H14F3N3O3S. The molecule has 1 amide bonds. The van der Waals surface area contributed by atoms with Crippen molar-refractivity contribution in [3.63, 3.8) is 0 Å². The lowest BCUT2D eigenvalue weighted by atomic mass is 10.1. The number of hydrogen-bond donors (Lipinski definition) is 2. The van der Waals surface area contributed by atoms with Crippen LogP contribution in [0.25, 0.3) is 0 Å². The van der Waals surface area contributed by atoms with Crippen molar-refractivity contribution in [2.75, 3.05) is 6.54 Å². The summed E-state index contributed by atoms with van der Waals surface area (Å²) >= 11 is 0. The van der Waals surface area contributed by atoms with Gasteiger partial charge in [-0.15, -0.1) is 6.58 Å². The fourth-order valence-corrected chi connectivity index (χ4v) is 3.33. The maximum absolute atomic E-state index is 13.9. The van der Waals surface area contributed by atoms with Crippen LogP contribution < -0.4 is 10.0 Å². The smallest absolute Gasteiger partial charge is 0.252 e. The average Bonchev–Trinajstić information content (AvgIpc) is 2.65. The number of sulfonamides is 1. The average molecular weight is 409 g/mol. The Morgan fingerprint density at radius 2 is 1.89 bits per heavy atom. The minimum absolute atomic E-state index is 0.154. The van der Waals surface area contributed by atoms with Gasteiger partial charge in [0.25, 0.3) is 5.91 Å². The first-order valence-electron chi connectivity index (χ1n) is 7.75. The summed E-state index contributed by atoms with van der Waals surface area (Å²) in [4.78, 5) is 11.6. The molecular weight excluding hydrogens is 395 g/mol. The molecule has 0 spiro atoms. The van der Waals surface area contributed by atoms with Crippen molar-refractivity contribution in [2.45, 2.75) is 10.9 Å². The quantitative estimate of drug-likeness (QED) is 0.687. The number of hydrogen-bond acceptors (Lipinski definition) is 4. The largest absolute Gasteiger partial charge is 0.332 e. The molecule has 2 aromatic carbocycles. The first-order chi connectivity index (χ1) is 13.2. The van der Waals surface area contributed by atoms with Crippen molar-refractivity contribution in [1.29, 1.82) is 5.26 Å². The fraction of sp³-hybridized carbons (Fsp3) is 0.111. The van der Waals surface area contributed by atoms with Crippen LogP contribution in [-0.4, -0.2) is 20.9 Å². The third-order valence-electron chi connectivity index (χ3n) is 3.58. The maximum atomic E-state index is 13.9. The third kappa shape index (κ3) is 4.76. The summed E-state index contributed by atoms with van der Waals surface area (Å²) in [6.07, 6.45) is 1.25. The van der Waals surface area contributed by atoms with E-state index in [0.717, 1.165) is 30.3 Å². The number of benzene rings is 2. The van der Waals surface area contributed by atoms with Crippen LogP contribution in [0.2, 0.25) is 0 Å². The van der Waals surface area contributed by atoms with Crippen molar-refractivity contribution in [3.8, 4) is 6.07 Å². The van der Waals surface area contributed by atoms with E-state index in [4.69, 9.17) is 0 Å². The Balaban J connectivity index is 2.32. The van der Waals surface area contributed by atoms with Crippen LogP contribution in [-0.2, 0) is 10.0 Å². The van der Waals surface area contributed by atoms with Crippen molar-refractivity contribution in [1.82, 2.24) is 10.0 Å². The highest BCUT2D eigenvalue weighted by Crippen LogP contribution is 2.20. The monoisotopic (exact) mass is 409 g/mol. The zero-order valence-electron chi connectivity index (χ0n) is 14.2. The van der Waals surface area contributed by atoms with Gasteiger partial charge in [0.2, 0.25) is 10.0 Å². The van der Waals surface area contributed by atoms with Crippen LogP contribution in [0, 0.1) is 28.8 Å². The van der Waals surface area contributed by atoms with Gasteiger partial charge in [-0.2, -0.15) is 5.26 Å². The molecule has 0 radical (unpaired) electrons. The standard InChI is InChI=1S/C18H14F3N3O3S/c1-2-7-23-28(26,27)17-8-11(3-6-14(17)20)18(25)24-16(10-22)13-5-4-12(19)9-15(13)21/h2-6,8-9,16,23H,1,7H2,(H,24,25). The minimum Gasteiger partial charge on any atom is -0.332 e. The zero-order valence-corrected chi connectivity index (χ0v) is 15.1. The predicted molar refractivity (Wildman–Crippen MR) is 94.0 cm³/mol. The van der Waals surface area contributed by atoms with Crippen molar-refractivity contribution in [3.05, 3.63) is 77.6 Å². The number of rotatable bonds is 7. The first kappa shape index (κ1) is 21.1. The highest BCUT2D eigenvalue weighted by atomic mass is 32.2. The van der Waals surface area contributed by atoms with Gasteiger partial charge in [0.1, 0.15) is 28.4 Å². The molecule has 0 saturated carbocycles. The van der Waals surface area contributed by atoms with Gasteiger partial charge < -0.3 is 5.32 Å². The highest BCUT2D eigenvalue weighted by molar-refractivity contribution is 7.89. The van der Waals surface area contributed by atoms with E-state index in [9.17, 15) is 31.6 Å². The normalized spacial score (nSPS) is 12.1. The van der Waals surface area contributed by atoms with E-state index in [-0.39, 0.29) is 17.7 Å². The Labute approximate surface area is 159 Å². The molecule has 0 aromatic heterocycles. The molecule has 0 aliphatic rings. The van der Waals surface area contributed by atoms with Crippen LogP contribution in [0.4, 0.5) is 13.2 Å². The molecule has 0 saturated heterocycles. The summed E-state index contributed by atoms with van der Waals surface area (Å²) in [6, 6.07) is 5.22. The molecule has 10 heteroatoms. The third-order valence-corrected chi connectivity index (χ3v) is 5.02. The summed E-state index contributed by atoms with van der Waals surface area (Å²) in [5, 5.41) is 11.4. The van der Waals surface area contributed by atoms with Gasteiger partial charge in [0, 0.05) is 23.7 Å². The van der Waals surface area contributed by atoms with E-state index in [1.165, 1.54) is 6.08 Å². The molecule has 0 bridgehead atoms. The van der Waals surface area contributed by atoms with Gasteiger partial charge in [-0.3, -0.25) is 4.79 Å². The zero-order chi connectivity index (χ0) is 20.9. The summed E-state index contributed by atoms with van der Waals surface area (Å²) in [7, 11) is -4.25. The summed E-state index contributed by atoms with van der Waals surface area (Å²) in [6.45, 7) is 3.19. The van der Waals surface area contributed by atoms with Crippen LogP contribution >= 0.6 is 0 Å². The maximum Gasteiger partial charge on any atom is 0.252 e. The van der Waals surface area contributed by atoms with Gasteiger partial charge in [0.15, 0.2) is 0 Å². The molecule has 1 unspecified atom stereocenters. The molecule has 0 aliphatic heterocycles. The lowest BCUT2D eigenvalue weighted by Gasteiger charge is -2.14. The summed E-state index contributed by atoms with van der Waals surface area (Å²) < 4.78 is 67.0. The van der Waals surface area contributed by atoms with Gasteiger partial charge in [-0.25, -0.2) is 26.3 Å². The number of halogens is 3. The molecule has 0 heterocycles.